The Hall–Kier alpha value is -3.58. The molecule has 0 saturated carbocycles. The van der Waals surface area contributed by atoms with E-state index in [1.54, 1.807) is 50.5 Å². The number of halogens is 1. The van der Waals surface area contributed by atoms with Gasteiger partial charge >= 0.3 is 6.03 Å². The van der Waals surface area contributed by atoms with Gasteiger partial charge in [-0.05, 0) is 72.1 Å². The normalized spacial score (nSPS) is 14.7. The molecule has 1 heterocycles. The predicted molar refractivity (Wildman–Crippen MR) is 132 cm³/mol. The van der Waals surface area contributed by atoms with Crippen molar-refractivity contribution in [2.45, 2.75) is 12.5 Å². The Labute approximate surface area is 204 Å². The van der Waals surface area contributed by atoms with Crippen molar-refractivity contribution in [3.63, 3.8) is 0 Å². The predicted octanol–water partition coefficient (Wildman–Crippen LogP) is 5.58. The Morgan fingerprint density at radius 1 is 0.971 bits per heavy atom. The van der Waals surface area contributed by atoms with Crippen LogP contribution in [0.15, 0.2) is 60.7 Å². The Balaban J connectivity index is 1.63. The van der Waals surface area contributed by atoms with Gasteiger partial charge in [-0.15, -0.1) is 0 Å². The van der Waals surface area contributed by atoms with Gasteiger partial charge in [0.25, 0.3) is 0 Å². The summed E-state index contributed by atoms with van der Waals surface area (Å²) in [7, 11) is 4.83. The van der Waals surface area contributed by atoms with Crippen molar-refractivity contribution >= 4 is 23.3 Å². The van der Waals surface area contributed by atoms with Crippen LogP contribution in [0.5, 0.6) is 23.0 Å². The molecule has 1 aliphatic rings. The number of amides is 2. The summed E-state index contributed by atoms with van der Waals surface area (Å²) in [5, 5.41) is 3.51. The molecule has 34 heavy (non-hydrogen) atoms. The van der Waals surface area contributed by atoms with Crippen LogP contribution in [0.3, 0.4) is 0 Å². The molecular weight excluding hydrogens is 456 g/mol. The Morgan fingerprint density at radius 2 is 1.68 bits per heavy atom. The smallest absolute Gasteiger partial charge is 0.322 e. The zero-order valence-corrected chi connectivity index (χ0v) is 20.1. The third-order valence-corrected chi connectivity index (χ3v) is 6.04. The first-order valence-electron chi connectivity index (χ1n) is 10.9. The summed E-state index contributed by atoms with van der Waals surface area (Å²) >= 11 is 6.09. The van der Waals surface area contributed by atoms with Gasteiger partial charge in [-0.3, -0.25) is 0 Å². The molecule has 1 unspecified atom stereocenters. The monoisotopic (exact) mass is 482 g/mol. The molecule has 0 aromatic heterocycles. The fraction of sp³-hybridized carbons (Fsp3) is 0.269. The largest absolute Gasteiger partial charge is 0.497 e. The maximum Gasteiger partial charge on any atom is 0.322 e. The van der Waals surface area contributed by atoms with E-state index in [4.69, 9.17) is 30.5 Å². The summed E-state index contributed by atoms with van der Waals surface area (Å²) in [6.07, 6.45) is 0.678. The van der Waals surface area contributed by atoms with Crippen molar-refractivity contribution in [1.29, 1.82) is 0 Å². The van der Waals surface area contributed by atoms with Crippen molar-refractivity contribution in [2.24, 2.45) is 0 Å². The number of fused-ring (bicyclic) bond motifs is 1. The van der Waals surface area contributed by atoms with E-state index in [9.17, 15) is 4.79 Å². The van der Waals surface area contributed by atoms with E-state index in [2.05, 4.69) is 5.32 Å². The van der Waals surface area contributed by atoms with Gasteiger partial charge in [0.2, 0.25) is 0 Å². The minimum atomic E-state index is -0.343. The van der Waals surface area contributed by atoms with Crippen molar-refractivity contribution in [2.75, 3.05) is 39.8 Å². The van der Waals surface area contributed by atoms with Gasteiger partial charge in [0.1, 0.15) is 18.1 Å². The second-order valence-corrected chi connectivity index (χ2v) is 8.23. The average Bonchev–Trinajstić information content (AvgIpc) is 2.86. The Kier molecular flexibility index (Phi) is 7.33. The van der Waals surface area contributed by atoms with E-state index >= 15 is 0 Å². The van der Waals surface area contributed by atoms with Crippen LogP contribution < -0.4 is 24.3 Å². The molecule has 0 aliphatic carbocycles. The van der Waals surface area contributed by atoms with Crippen LogP contribution in [-0.2, 0) is 6.42 Å². The number of hydrogen-bond donors (Lipinski definition) is 1. The number of carbonyl (C=O) groups excluding carboxylic acids is 1. The summed E-state index contributed by atoms with van der Waals surface area (Å²) in [6.45, 7) is 0.781. The minimum absolute atomic E-state index is 0.231. The van der Waals surface area contributed by atoms with Crippen LogP contribution in [0.4, 0.5) is 10.5 Å². The molecule has 7 nitrogen and oxygen atoms in total. The van der Waals surface area contributed by atoms with Gasteiger partial charge in [0.15, 0.2) is 11.5 Å². The number of carbonyl (C=O) groups is 1. The highest BCUT2D eigenvalue weighted by molar-refractivity contribution is 6.30. The number of benzene rings is 3. The van der Waals surface area contributed by atoms with Crippen molar-refractivity contribution in [1.82, 2.24) is 4.90 Å². The highest BCUT2D eigenvalue weighted by atomic mass is 35.5. The maximum atomic E-state index is 13.3. The van der Waals surface area contributed by atoms with E-state index in [1.165, 1.54) is 0 Å². The minimum Gasteiger partial charge on any atom is -0.497 e. The second-order valence-electron chi connectivity index (χ2n) is 7.79. The summed E-state index contributed by atoms with van der Waals surface area (Å²) in [4.78, 5) is 15.1. The first kappa shape index (κ1) is 23.6. The molecule has 178 valence electrons. The number of hydrogen-bond acceptors (Lipinski definition) is 5. The molecule has 0 saturated heterocycles. The van der Waals surface area contributed by atoms with Gasteiger partial charge in [0, 0.05) is 17.3 Å². The fourth-order valence-electron chi connectivity index (χ4n) is 4.06. The zero-order chi connectivity index (χ0) is 24.1. The molecule has 2 amide bonds. The van der Waals surface area contributed by atoms with E-state index in [1.807, 2.05) is 36.4 Å². The van der Waals surface area contributed by atoms with Crippen LogP contribution in [0.25, 0.3) is 0 Å². The van der Waals surface area contributed by atoms with Gasteiger partial charge in [-0.25, -0.2) is 4.79 Å². The van der Waals surface area contributed by atoms with Crippen molar-refractivity contribution in [3.05, 3.63) is 76.8 Å². The van der Waals surface area contributed by atoms with Crippen LogP contribution in [0.2, 0.25) is 5.02 Å². The summed E-state index contributed by atoms with van der Waals surface area (Å²) in [6, 6.07) is 17.8. The number of rotatable bonds is 7. The number of nitrogens with zero attached hydrogens (tertiary/aromatic N) is 1. The highest BCUT2D eigenvalue weighted by Crippen LogP contribution is 2.38. The number of nitrogens with one attached hydrogen (secondary N) is 1. The first-order valence-corrected chi connectivity index (χ1v) is 11.2. The molecule has 1 N–H and O–H groups in total. The average molecular weight is 483 g/mol. The fourth-order valence-corrected chi connectivity index (χ4v) is 4.25. The summed E-state index contributed by atoms with van der Waals surface area (Å²) in [5.74, 6) is 2.69. The Morgan fingerprint density at radius 3 is 2.35 bits per heavy atom. The van der Waals surface area contributed by atoms with Crippen LogP contribution in [0, 0.1) is 0 Å². The van der Waals surface area contributed by atoms with Crippen molar-refractivity contribution in [3.8, 4) is 23.0 Å². The quantitative estimate of drug-likeness (QED) is 0.476. The molecule has 1 atom stereocenters. The zero-order valence-electron chi connectivity index (χ0n) is 19.3. The molecule has 8 heteroatoms. The van der Waals surface area contributed by atoms with E-state index in [0.717, 1.165) is 16.9 Å². The third-order valence-electron chi connectivity index (χ3n) is 5.81. The lowest BCUT2D eigenvalue weighted by Gasteiger charge is -2.37. The molecule has 4 rings (SSSR count). The third kappa shape index (κ3) is 5.15. The van der Waals surface area contributed by atoms with Crippen molar-refractivity contribution < 1.29 is 23.7 Å². The number of methoxy groups -OCH3 is 3. The number of ether oxygens (including phenoxy) is 4. The molecule has 0 radical (unpaired) electrons. The molecule has 1 aliphatic heterocycles. The van der Waals surface area contributed by atoms with E-state index in [0.29, 0.717) is 40.9 Å². The lowest BCUT2D eigenvalue weighted by atomic mass is 9.92. The molecule has 0 bridgehead atoms. The van der Waals surface area contributed by atoms with Crippen LogP contribution in [0.1, 0.15) is 17.2 Å². The first-order chi connectivity index (χ1) is 16.5. The molecular formula is C26H27ClN2O5. The summed E-state index contributed by atoms with van der Waals surface area (Å²) < 4.78 is 22.3. The number of anilines is 1. The molecule has 3 aromatic rings. The van der Waals surface area contributed by atoms with Crippen LogP contribution >= 0.6 is 11.6 Å². The standard InChI is InChI=1S/C26H27ClN2O5/c1-31-20-7-9-21(10-8-20)34-16-23-22-15-25(33-3)24(32-2)13-17(22)11-12-29(23)26(30)28-19-6-4-5-18(27)14-19/h4-10,13-15,23H,11-12,16H2,1-3H3,(H,28,30). The lowest BCUT2D eigenvalue weighted by Crippen LogP contribution is -2.44. The Bertz CT molecular complexity index is 1150. The lowest BCUT2D eigenvalue weighted by molar-refractivity contribution is 0.144. The van der Waals surface area contributed by atoms with Gasteiger partial charge < -0.3 is 29.2 Å². The number of urea groups is 1. The van der Waals surface area contributed by atoms with E-state index < -0.39 is 0 Å². The second kappa shape index (κ2) is 10.6. The topological polar surface area (TPSA) is 69.3 Å². The maximum absolute atomic E-state index is 13.3. The van der Waals surface area contributed by atoms with Gasteiger partial charge in [-0.1, -0.05) is 17.7 Å². The van der Waals surface area contributed by atoms with Gasteiger partial charge in [-0.2, -0.15) is 0 Å². The highest BCUT2D eigenvalue weighted by Gasteiger charge is 2.33. The molecule has 0 spiro atoms. The molecule has 0 fully saturated rings. The molecule has 3 aromatic carbocycles. The van der Waals surface area contributed by atoms with Gasteiger partial charge in [0.05, 0.1) is 27.4 Å². The summed E-state index contributed by atoms with van der Waals surface area (Å²) in [5.41, 5.74) is 2.68. The van der Waals surface area contributed by atoms with E-state index in [-0.39, 0.29) is 18.7 Å². The SMILES string of the molecule is COc1ccc(OCC2c3cc(OC)c(OC)cc3CCN2C(=O)Nc2cccc(Cl)c2)cc1. The van der Waals surface area contributed by atoms with Crippen LogP contribution in [-0.4, -0.2) is 45.4 Å².